The van der Waals surface area contributed by atoms with E-state index in [0.717, 1.165) is 10.9 Å². The van der Waals surface area contributed by atoms with Gasteiger partial charge in [-0.2, -0.15) is 0 Å². The van der Waals surface area contributed by atoms with Crippen LogP contribution in [-0.2, 0) is 0 Å². The first-order valence-electron chi connectivity index (χ1n) is 3.92. The van der Waals surface area contributed by atoms with E-state index in [9.17, 15) is 0 Å². The topological polar surface area (TPSA) is 56.2 Å². The molecule has 0 unspecified atom stereocenters. The molecular formula is C8H6BCl2NO2. The highest BCUT2D eigenvalue weighted by atomic mass is 35.5. The van der Waals surface area contributed by atoms with Gasteiger partial charge in [-0.15, -0.1) is 0 Å². The maximum absolute atomic E-state index is 8.92. The van der Waals surface area contributed by atoms with Gasteiger partial charge >= 0.3 is 7.12 Å². The first-order valence-corrected chi connectivity index (χ1v) is 4.67. The molecule has 0 saturated heterocycles. The van der Waals surface area contributed by atoms with E-state index in [1.165, 1.54) is 0 Å². The minimum atomic E-state index is -1.51. The van der Waals surface area contributed by atoms with Crippen molar-refractivity contribution < 1.29 is 10.0 Å². The molecule has 0 amide bonds. The third kappa shape index (κ3) is 1.62. The van der Waals surface area contributed by atoms with Gasteiger partial charge in [-0.1, -0.05) is 23.2 Å². The average molecular weight is 230 g/mol. The number of fused-ring (bicyclic) bond motifs is 1. The maximum atomic E-state index is 8.92. The molecule has 1 aromatic carbocycles. The quantitative estimate of drug-likeness (QED) is 0.643. The lowest BCUT2D eigenvalue weighted by Crippen LogP contribution is -2.30. The van der Waals surface area contributed by atoms with Gasteiger partial charge < -0.3 is 15.0 Å². The van der Waals surface area contributed by atoms with Crippen LogP contribution in [-0.4, -0.2) is 22.2 Å². The van der Waals surface area contributed by atoms with Gasteiger partial charge in [0, 0.05) is 16.5 Å². The molecule has 3 N–H and O–H groups in total. The van der Waals surface area contributed by atoms with Crippen LogP contribution < -0.4 is 5.59 Å². The van der Waals surface area contributed by atoms with Crippen molar-refractivity contribution in [1.29, 1.82) is 0 Å². The van der Waals surface area contributed by atoms with Crippen molar-refractivity contribution in [2.24, 2.45) is 0 Å². The molecule has 14 heavy (non-hydrogen) atoms. The number of nitrogens with one attached hydrogen (secondary N) is 1. The van der Waals surface area contributed by atoms with Crippen molar-refractivity contribution in [3.8, 4) is 0 Å². The Labute approximate surface area is 90.4 Å². The van der Waals surface area contributed by atoms with Gasteiger partial charge in [-0.05, 0) is 18.2 Å². The number of halogens is 2. The number of rotatable bonds is 1. The molecular weight excluding hydrogens is 224 g/mol. The highest BCUT2D eigenvalue weighted by molar-refractivity contribution is 6.58. The SMILES string of the molecule is OB(O)c1cc2cc(Cl)c(Cl)cc2[nH]1. The van der Waals surface area contributed by atoms with Crippen LogP contribution in [0.5, 0.6) is 0 Å². The second kappa shape index (κ2) is 3.48. The van der Waals surface area contributed by atoms with Crippen molar-refractivity contribution in [3.05, 3.63) is 28.2 Å². The van der Waals surface area contributed by atoms with Crippen LogP contribution in [0.2, 0.25) is 10.0 Å². The van der Waals surface area contributed by atoms with Gasteiger partial charge in [0.1, 0.15) is 0 Å². The molecule has 0 saturated carbocycles. The Bertz CT molecular complexity index is 444. The lowest BCUT2D eigenvalue weighted by molar-refractivity contribution is 0.424. The van der Waals surface area contributed by atoms with Crippen molar-refractivity contribution in [1.82, 2.24) is 4.98 Å². The van der Waals surface area contributed by atoms with Gasteiger partial charge in [0.15, 0.2) is 0 Å². The highest BCUT2D eigenvalue weighted by Crippen LogP contribution is 2.26. The molecule has 1 aromatic heterocycles. The second-order valence-electron chi connectivity index (χ2n) is 2.95. The van der Waals surface area contributed by atoms with E-state index in [0.29, 0.717) is 15.6 Å². The van der Waals surface area contributed by atoms with Gasteiger partial charge in [-0.3, -0.25) is 0 Å². The predicted octanol–water partition coefficient (Wildman–Crippen LogP) is 1.15. The molecule has 0 radical (unpaired) electrons. The summed E-state index contributed by atoms with van der Waals surface area (Å²) in [6, 6.07) is 4.93. The Kier molecular flexibility index (Phi) is 2.45. The Balaban J connectivity index is 2.66. The zero-order chi connectivity index (χ0) is 10.3. The lowest BCUT2D eigenvalue weighted by atomic mass is 9.87. The van der Waals surface area contributed by atoms with Gasteiger partial charge in [0.2, 0.25) is 0 Å². The van der Waals surface area contributed by atoms with Crippen molar-refractivity contribution in [2.75, 3.05) is 0 Å². The van der Waals surface area contributed by atoms with Crippen molar-refractivity contribution >= 4 is 46.8 Å². The standard InChI is InChI=1S/C8H6BCl2NO2/c10-5-1-4-2-8(9(13)14)12-7(4)3-6(5)11/h1-3,12-14H. The van der Waals surface area contributed by atoms with Crippen LogP contribution in [0.25, 0.3) is 10.9 Å². The lowest BCUT2D eigenvalue weighted by Gasteiger charge is -1.94. The van der Waals surface area contributed by atoms with E-state index >= 15 is 0 Å². The number of hydrogen-bond donors (Lipinski definition) is 3. The monoisotopic (exact) mass is 229 g/mol. The summed E-state index contributed by atoms with van der Waals surface area (Å²) >= 11 is 11.6. The zero-order valence-electron chi connectivity index (χ0n) is 6.96. The Morgan fingerprint density at radius 2 is 1.71 bits per heavy atom. The summed E-state index contributed by atoms with van der Waals surface area (Å²) in [6.45, 7) is 0. The third-order valence-electron chi connectivity index (χ3n) is 1.96. The van der Waals surface area contributed by atoms with E-state index in [1.54, 1.807) is 18.2 Å². The maximum Gasteiger partial charge on any atom is 0.505 e. The van der Waals surface area contributed by atoms with E-state index in [2.05, 4.69) is 4.98 Å². The van der Waals surface area contributed by atoms with Gasteiger partial charge in [0.05, 0.1) is 10.0 Å². The summed E-state index contributed by atoms with van der Waals surface area (Å²) < 4.78 is 0. The molecule has 2 aromatic rings. The second-order valence-corrected chi connectivity index (χ2v) is 3.77. The average Bonchev–Trinajstić information content (AvgIpc) is 2.48. The minimum Gasteiger partial charge on any atom is -0.422 e. The fourth-order valence-corrected chi connectivity index (χ4v) is 1.62. The highest BCUT2D eigenvalue weighted by Gasteiger charge is 2.14. The molecule has 0 bridgehead atoms. The molecule has 72 valence electrons. The van der Waals surface area contributed by atoms with E-state index < -0.39 is 7.12 Å². The predicted molar refractivity (Wildman–Crippen MR) is 58.1 cm³/mol. The van der Waals surface area contributed by atoms with Crippen LogP contribution in [0.4, 0.5) is 0 Å². The first-order chi connectivity index (χ1) is 6.58. The number of H-pyrrole nitrogens is 1. The molecule has 1 heterocycles. The Morgan fingerprint density at radius 1 is 1.07 bits per heavy atom. The fraction of sp³-hybridized carbons (Fsp3) is 0. The summed E-state index contributed by atoms with van der Waals surface area (Å²) in [4.78, 5) is 2.82. The van der Waals surface area contributed by atoms with E-state index in [4.69, 9.17) is 33.2 Å². The Morgan fingerprint density at radius 3 is 2.36 bits per heavy atom. The van der Waals surface area contributed by atoms with Gasteiger partial charge in [-0.25, -0.2) is 0 Å². The number of aromatic nitrogens is 1. The summed E-state index contributed by atoms with van der Waals surface area (Å²) in [5, 5.41) is 19.5. The summed E-state index contributed by atoms with van der Waals surface area (Å²) in [7, 11) is -1.51. The molecule has 3 nitrogen and oxygen atoms in total. The molecule has 0 aliphatic carbocycles. The molecule has 0 aliphatic heterocycles. The normalized spacial score (nSPS) is 10.9. The van der Waals surface area contributed by atoms with Gasteiger partial charge in [0.25, 0.3) is 0 Å². The summed E-state index contributed by atoms with van der Waals surface area (Å²) in [5.74, 6) is 0. The molecule has 0 fully saturated rings. The number of benzene rings is 1. The minimum absolute atomic E-state index is 0.318. The fourth-order valence-electron chi connectivity index (χ4n) is 1.29. The van der Waals surface area contributed by atoms with E-state index in [-0.39, 0.29) is 0 Å². The Hall–Kier alpha value is -0.675. The molecule has 2 rings (SSSR count). The summed E-state index contributed by atoms with van der Waals surface area (Å²) in [5.41, 5.74) is 1.04. The number of aromatic amines is 1. The largest absolute Gasteiger partial charge is 0.505 e. The number of hydrogen-bond acceptors (Lipinski definition) is 2. The molecule has 6 heteroatoms. The van der Waals surface area contributed by atoms with Crippen LogP contribution in [0.1, 0.15) is 0 Å². The molecule has 0 spiro atoms. The first kappa shape index (κ1) is 9.86. The van der Waals surface area contributed by atoms with Crippen LogP contribution in [0.3, 0.4) is 0 Å². The summed E-state index contributed by atoms with van der Waals surface area (Å²) in [6.07, 6.45) is 0. The molecule has 0 atom stereocenters. The van der Waals surface area contributed by atoms with E-state index in [1.807, 2.05) is 0 Å². The van der Waals surface area contributed by atoms with Crippen LogP contribution >= 0.6 is 23.2 Å². The van der Waals surface area contributed by atoms with Crippen molar-refractivity contribution in [2.45, 2.75) is 0 Å². The zero-order valence-corrected chi connectivity index (χ0v) is 8.47. The van der Waals surface area contributed by atoms with Crippen molar-refractivity contribution in [3.63, 3.8) is 0 Å². The third-order valence-corrected chi connectivity index (χ3v) is 2.68. The van der Waals surface area contributed by atoms with Crippen LogP contribution in [0.15, 0.2) is 18.2 Å². The van der Waals surface area contributed by atoms with Crippen LogP contribution in [0, 0.1) is 0 Å². The smallest absolute Gasteiger partial charge is 0.422 e. The molecule has 0 aliphatic rings.